The van der Waals surface area contributed by atoms with Crippen molar-refractivity contribution in [2.75, 3.05) is 11.1 Å². The van der Waals surface area contributed by atoms with E-state index in [0.29, 0.717) is 11.7 Å². The highest BCUT2D eigenvalue weighted by Gasteiger charge is 2.20. The molecule has 1 unspecified atom stereocenters. The van der Waals surface area contributed by atoms with E-state index in [0.717, 1.165) is 34.8 Å². The molecule has 0 aliphatic rings. The third-order valence-corrected chi connectivity index (χ3v) is 6.26. The van der Waals surface area contributed by atoms with E-state index >= 15 is 0 Å². The fourth-order valence-electron chi connectivity index (χ4n) is 3.37. The van der Waals surface area contributed by atoms with Crippen LogP contribution in [0.15, 0.2) is 47.6 Å². The van der Waals surface area contributed by atoms with Crippen LogP contribution >= 0.6 is 11.8 Å². The molecule has 3 rings (SSSR count). The van der Waals surface area contributed by atoms with Crippen LogP contribution in [0.4, 0.5) is 5.69 Å². The number of ether oxygens (including phenoxy) is 1. The van der Waals surface area contributed by atoms with Gasteiger partial charge < -0.3 is 14.6 Å². The van der Waals surface area contributed by atoms with Gasteiger partial charge in [0.2, 0.25) is 5.91 Å². The van der Waals surface area contributed by atoms with E-state index in [2.05, 4.69) is 42.4 Å². The van der Waals surface area contributed by atoms with Crippen molar-refractivity contribution in [3.8, 4) is 5.75 Å². The Bertz CT molecular complexity index is 1050. The zero-order valence-electron chi connectivity index (χ0n) is 18.8. The number of hydrogen-bond acceptors (Lipinski definition) is 5. The quantitative estimate of drug-likeness (QED) is 0.456. The second-order valence-electron chi connectivity index (χ2n) is 7.39. The van der Waals surface area contributed by atoms with Gasteiger partial charge in [0, 0.05) is 12.2 Å². The highest BCUT2D eigenvalue weighted by molar-refractivity contribution is 7.99. The highest BCUT2D eigenvalue weighted by Crippen LogP contribution is 2.28. The molecule has 0 saturated heterocycles. The first-order valence-corrected chi connectivity index (χ1v) is 11.6. The maximum absolute atomic E-state index is 12.5. The minimum absolute atomic E-state index is 0.0576. The summed E-state index contributed by atoms with van der Waals surface area (Å²) in [7, 11) is 0. The maximum atomic E-state index is 12.5. The number of thioether (sulfide) groups is 1. The number of anilines is 1. The number of rotatable bonds is 9. The number of aryl methyl sites for hydroxylation is 2. The minimum atomic E-state index is -0.257. The number of para-hydroxylation sites is 1. The summed E-state index contributed by atoms with van der Waals surface area (Å²) >= 11 is 1.38. The van der Waals surface area contributed by atoms with Crippen LogP contribution in [-0.2, 0) is 17.8 Å². The third-order valence-electron chi connectivity index (χ3n) is 5.29. The molecule has 0 fully saturated rings. The predicted molar refractivity (Wildman–Crippen MR) is 126 cm³/mol. The molecule has 1 N–H and O–H groups in total. The molecule has 0 radical (unpaired) electrons. The lowest BCUT2D eigenvalue weighted by atomic mass is 10.1. The van der Waals surface area contributed by atoms with Gasteiger partial charge in [0.15, 0.2) is 17.1 Å². The van der Waals surface area contributed by atoms with Crippen LogP contribution in [0.2, 0.25) is 0 Å². The molecule has 3 aromatic rings. The van der Waals surface area contributed by atoms with Gasteiger partial charge in [0.1, 0.15) is 5.75 Å². The highest BCUT2D eigenvalue weighted by atomic mass is 32.2. The Morgan fingerprint density at radius 3 is 2.65 bits per heavy atom. The van der Waals surface area contributed by atoms with Crippen LogP contribution in [0.1, 0.15) is 49.4 Å². The molecule has 0 bridgehead atoms. The van der Waals surface area contributed by atoms with Gasteiger partial charge in [-0.05, 0) is 62.9 Å². The van der Waals surface area contributed by atoms with Crippen LogP contribution in [0.3, 0.4) is 0 Å². The number of aromatic nitrogens is 3. The van der Waals surface area contributed by atoms with Crippen LogP contribution in [0.5, 0.6) is 5.75 Å². The Hall–Kier alpha value is -2.80. The van der Waals surface area contributed by atoms with Gasteiger partial charge in [-0.3, -0.25) is 4.79 Å². The Morgan fingerprint density at radius 2 is 1.90 bits per heavy atom. The summed E-state index contributed by atoms with van der Waals surface area (Å²) in [5, 5.41) is 12.4. The van der Waals surface area contributed by atoms with Gasteiger partial charge in [-0.25, -0.2) is 0 Å². The number of benzene rings is 2. The molecular weight excluding hydrogens is 408 g/mol. The van der Waals surface area contributed by atoms with Crippen LogP contribution in [-0.4, -0.2) is 26.4 Å². The summed E-state index contributed by atoms with van der Waals surface area (Å²) in [6.07, 6.45) is 0.614. The lowest BCUT2D eigenvalue weighted by molar-refractivity contribution is -0.113. The minimum Gasteiger partial charge on any atom is -0.482 e. The van der Waals surface area contributed by atoms with Gasteiger partial charge >= 0.3 is 0 Å². The summed E-state index contributed by atoms with van der Waals surface area (Å²) < 4.78 is 8.19. The molecule has 31 heavy (non-hydrogen) atoms. The molecule has 0 spiro atoms. The van der Waals surface area contributed by atoms with E-state index in [1.165, 1.54) is 17.3 Å². The Labute approximate surface area is 188 Å². The molecule has 7 heteroatoms. The molecule has 1 amide bonds. The van der Waals surface area contributed by atoms with E-state index in [9.17, 15) is 4.79 Å². The Kier molecular flexibility index (Phi) is 7.74. The normalized spacial score (nSPS) is 11.9. The average Bonchev–Trinajstić information content (AvgIpc) is 3.19. The fraction of sp³-hybridized carbons (Fsp3) is 0.375. The zero-order valence-corrected chi connectivity index (χ0v) is 19.6. The lowest BCUT2D eigenvalue weighted by Crippen LogP contribution is -2.16. The van der Waals surface area contributed by atoms with Crippen molar-refractivity contribution >= 4 is 23.4 Å². The Morgan fingerprint density at radius 1 is 1.13 bits per heavy atom. The number of nitrogens with one attached hydrogen (secondary N) is 1. The molecule has 1 heterocycles. The van der Waals surface area contributed by atoms with Crippen molar-refractivity contribution in [3.63, 3.8) is 0 Å². The fourth-order valence-corrected chi connectivity index (χ4v) is 4.18. The van der Waals surface area contributed by atoms with Crippen LogP contribution in [0, 0.1) is 13.8 Å². The van der Waals surface area contributed by atoms with Crippen molar-refractivity contribution in [1.82, 2.24) is 14.8 Å². The molecule has 0 saturated carbocycles. The molecule has 0 aliphatic heterocycles. The van der Waals surface area contributed by atoms with Gasteiger partial charge in [0.05, 0.1) is 5.75 Å². The van der Waals surface area contributed by atoms with Crippen molar-refractivity contribution in [2.24, 2.45) is 0 Å². The van der Waals surface area contributed by atoms with E-state index in [4.69, 9.17) is 4.74 Å². The number of hydrogen-bond donors (Lipinski definition) is 1. The van der Waals surface area contributed by atoms with Crippen molar-refractivity contribution in [2.45, 2.75) is 58.8 Å². The van der Waals surface area contributed by atoms with Gasteiger partial charge in [0.25, 0.3) is 0 Å². The number of carbonyl (C=O) groups is 1. The van der Waals surface area contributed by atoms with E-state index in [1.54, 1.807) is 0 Å². The van der Waals surface area contributed by atoms with E-state index in [-0.39, 0.29) is 17.8 Å². The number of nitrogens with zero attached hydrogens (tertiary/aromatic N) is 3. The Balaban J connectivity index is 1.67. The topological polar surface area (TPSA) is 69.0 Å². The monoisotopic (exact) mass is 438 g/mol. The number of carbonyl (C=O) groups excluding carboxylic acids is 1. The van der Waals surface area contributed by atoms with Crippen molar-refractivity contribution < 1.29 is 9.53 Å². The van der Waals surface area contributed by atoms with Gasteiger partial charge in [-0.1, -0.05) is 49.0 Å². The standard InChI is InChI=1S/C24H30N4O2S/c1-6-19-12-8-9-13-20(19)25-22(29)15-31-24-27-26-23(28(24)7-2)18(5)30-21-14-10-11-16(3)17(21)4/h8-14,18H,6-7,15H2,1-5H3,(H,25,29). The molecule has 6 nitrogen and oxygen atoms in total. The zero-order chi connectivity index (χ0) is 22.4. The van der Waals surface area contributed by atoms with E-state index in [1.807, 2.05) is 54.8 Å². The first-order valence-electron chi connectivity index (χ1n) is 10.6. The third kappa shape index (κ3) is 5.47. The smallest absolute Gasteiger partial charge is 0.234 e. The summed E-state index contributed by atoms with van der Waals surface area (Å²) in [4.78, 5) is 12.5. The van der Waals surface area contributed by atoms with E-state index < -0.39 is 0 Å². The first kappa shape index (κ1) is 22.9. The van der Waals surface area contributed by atoms with Crippen LogP contribution < -0.4 is 10.1 Å². The molecular formula is C24H30N4O2S. The molecule has 1 atom stereocenters. The molecule has 164 valence electrons. The summed E-state index contributed by atoms with van der Waals surface area (Å²) in [6.45, 7) is 10.9. The van der Waals surface area contributed by atoms with Gasteiger partial charge in [-0.15, -0.1) is 10.2 Å². The number of amides is 1. The molecule has 2 aromatic carbocycles. The molecule has 1 aromatic heterocycles. The second-order valence-corrected chi connectivity index (χ2v) is 8.33. The maximum Gasteiger partial charge on any atom is 0.234 e. The first-order chi connectivity index (χ1) is 14.9. The second kappa shape index (κ2) is 10.5. The van der Waals surface area contributed by atoms with Crippen LogP contribution in [0.25, 0.3) is 0 Å². The SMILES string of the molecule is CCc1ccccc1NC(=O)CSc1nnc(C(C)Oc2cccc(C)c2C)n1CC. The molecule has 0 aliphatic carbocycles. The average molecular weight is 439 g/mol. The summed E-state index contributed by atoms with van der Waals surface area (Å²) in [5.74, 6) is 1.81. The van der Waals surface area contributed by atoms with Gasteiger partial charge in [-0.2, -0.15) is 0 Å². The predicted octanol–water partition coefficient (Wildman–Crippen LogP) is 5.35. The summed E-state index contributed by atoms with van der Waals surface area (Å²) in [6, 6.07) is 13.9. The van der Waals surface area contributed by atoms with Crippen molar-refractivity contribution in [3.05, 3.63) is 65.0 Å². The summed E-state index contributed by atoms with van der Waals surface area (Å²) in [5.41, 5.74) is 4.30. The largest absolute Gasteiger partial charge is 0.482 e. The van der Waals surface area contributed by atoms with Crippen molar-refractivity contribution in [1.29, 1.82) is 0 Å². The lowest BCUT2D eigenvalue weighted by Gasteiger charge is -2.17.